The SMILES string of the molecule is CC(C)c1nn(C)c(Cl)c1/C=C1/C(=O)Nc2cc(Cl)ccc21. The van der Waals surface area contributed by atoms with E-state index in [0.717, 1.165) is 22.5 Å². The van der Waals surface area contributed by atoms with Gasteiger partial charge in [0, 0.05) is 28.8 Å². The van der Waals surface area contributed by atoms with Crippen molar-refractivity contribution in [3.63, 3.8) is 0 Å². The van der Waals surface area contributed by atoms with Crippen molar-refractivity contribution in [1.29, 1.82) is 0 Å². The number of hydrogen-bond donors (Lipinski definition) is 1. The highest BCUT2D eigenvalue weighted by atomic mass is 35.5. The maximum atomic E-state index is 12.3. The summed E-state index contributed by atoms with van der Waals surface area (Å²) in [6.07, 6.45) is 1.81. The van der Waals surface area contributed by atoms with Crippen LogP contribution in [-0.2, 0) is 11.8 Å². The molecule has 2 heterocycles. The molecule has 1 aliphatic rings. The molecule has 0 bridgehead atoms. The van der Waals surface area contributed by atoms with Gasteiger partial charge in [-0.3, -0.25) is 9.48 Å². The zero-order chi connectivity index (χ0) is 16.0. The molecule has 1 aromatic carbocycles. The Labute approximate surface area is 138 Å². The number of carbonyl (C=O) groups is 1. The van der Waals surface area contributed by atoms with Gasteiger partial charge in [-0.25, -0.2) is 0 Å². The van der Waals surface area contributed by atoms with Crippen LogP contribution in [0.5, 0.6) is 0 Å². The lowest BCUT2D eigenvalue weighted by atomic mass is 10.0. The number of benzene rings is 1. The third kappa shape index (κ3) is 2.42. The number of rotatable bonds is 2. The van der Waals surface area contributed by atoms with E-state index in [0.29, 0.717) is 15.7 Å². The Morgan fingerprint density at radius 3 is 2.73 bits per heavy atom. The highest BCUT2D eigenvalue weighted by Crippen LogP contribution is 2.37. The number of halogens is 2. The van der Waals surface area contributed by atoms with Crippen molar-refractivity contribution < 1.29 is 4.79 Å². The van der Waals surface area contributed by atoms with Crippen LogP contribution in [0.1, 0.15) is 36.6 Å². The van der Waals surface area contributed by atoms with E-state index in [1.807, 2.05) is 19.9 Å². The summed E-state index contributed by atoms with van der Waals surface area (Å²) in [4.78, 5) is 12.3. The minimum atomic E-state index is -0.160. The van der Waals surface area contributed by atoms with E-state index in [-0.39, 0.29) is 11.8 Å². The van der Waals surface area contributed by atoms with Gasteiger partial charge in [-0.1, -0.05) is 43.1 Å². The average molecular weight is 336 g/mol. The predicted octanol–water partition coefficient (Wildman–Crippen LogP) is 4.34. The monoisotopic (exact) mass is 335 g/mol. The third-order valence-corrected chi connectivity index (χ3v) is 4.32. The Morgan fingerprint density at radius 2 is 2.05 bits per heavy atom. The third-order valence-electron chi connectivity index (χ3n) is 3.64. The molecule has 1 N–H and O–H groups in total. The summed E-state index contributed by atoms with van der Waals surface area (Å²) in [6.45, 7) is 4.09. The number of amides is 1. The van der Waals surface area contributed by atoms with Crippen LogP contribution < -0.4 is 5.32 Å². The maximum Gasteiger partial charge on any atom is 0.256 e. The Bertz CT molecular complexity index is 806. The summed E-state index contributed by atoms with van der Waals surface area (Å²) in [5, 5.41) is 8.36. The second kappa shape index (κ2) is 5.45. The molecule has 0 fully saturated rings. The molecule has 3 rings (SSSR count). The molecule has 1 aromatic heterocycles. The molecular weight excluding hydrogens is 321 g/mol. The largest absolute Gasteiger partial charge is 0.321 e. The van der Waals surface area contributed by atoms with Crippen molar-refractivity contribution in [1.82, 2.24) is 9.78 Å². The Kier molecular flexibility index (Phi) is 3.75. The van der Waals surface area contributed by atoms with Gasteiger partial charge in [0.15, 0.2) is 0 Å². The number of fused-ring (bicyclic) bond motifs is 1. The zero-order valence-electron chi connectivity index (χ0n) is 12.4. The number of aryl methyl sites for hydroxylation is 1. The summed E-state index contributed by atoms with van der Waals surface area (Å²) in [7, 11) is 1.79. The topological polar surface area (TPSA) is 46.9 Å². The van der Waals surface area contributed by atoms with Crippen LogP contribution in [0.15, 0.2) is 18.2 Å². The van der Waals surface area contributed by atoms with E-state index < -0.39 is 0 Å². The van der Waals surface area contributed by atoms with Gasteiger partial charge < -0.3 is 5.32 Å². The molecule has 0 aliphatic carbocycles. The molecule has 0 saturated carbocycles. The number of anilines is 1. The molecule has 4 nitrogen and oxygen atoms in total. The van der Waals surface area contributed by atoms with Crippen LogP contribution >= 0.6 is 23.2 Å². The van der Waals surface area contributed by atoms with Crippen LogP contribution in [0.25, 0.3) is 11.6 Å². The van der Waals surface area contributed by atoms with E-state index in [1.165, 1.54) is 0 Å². The van der Waals surface area contributed by atoms with E-state index in [2.05, 4.69) is 10.4 Å². The number of nitrogens with zero attached hydrogens (tertiary/aromatic N) is 2. The van der Waals surface area contributed by atoms with Gasteiger partial charge in [0.1, 0.15) is 5.15 Å². The first-order chi connectivity index (χ1) is 10.4. The van der Waals surface area contributed by atoms with Gasteiger partial charge in [0.2, 0.25) is 0 Å². The van der Waals surface area contributed by atoms with Gasteiger partial charge in [-0.15, -0.1) is 0 Å². The van der Waals surface area contributed by atoms with Gasteiger partial charge in [0.05, 0.1) is 11.4 Å². The molecule has 2 aromatic rings. The number of carbonyl (C=O) groups excluding carboxylic acids is 1. The van der Waals surface area contributed by atoms with Crippen LogP contribution in [0.4, 0.5) is 5.69 Å². The Morgan fingerprint density at radius 1 is 1.32 bits per heavy atom. The molecule has 1 aliphatic heterocycles. The van der Waals surface area contributed by atoms with Crippen molar-refractivity contribution in [3.05, 3.63) is 45.2 Å². The highest BCUT2D eigenvalue weighted by Gasteiger charge is 2.26. The lowest BCUT2D eigenvalue weighted by molar-refractivity contribution is -0.110. The van der Waals surface area contributed by atoms with Gasteiger partial charge >= 0.3 is 0 Å². The van der Waals surface area contributed by atoms with E-state index in [1.54, 1.807) is 29.9 Å². The number of nitrogens with one attached hydrogen (secondary N) is 1. The predicted molar refractivity (Wildman–Crippen MR) is 90.3 cm³/mol. The molecule has 0 spiro atoms. The minimum Gasteiger partial charge on any atom is -0.321 e. The van der Waals surface area contributed by atoms with Crippen LogP contribution in [0.2, 0.25) is 10.2 Å². The van der Waals surface area contributed by atoms with Crippen molar-refractivity contribution in [3.8, 4) is 0 Å². The Balaban J connectivity index is 2.17. The zero-order valence-corrected chi connectivity index (χ0v) is 14.0. The van der Waals surface area contributed by atoms with Crippen molar-refractivity contribution in [2.45, 2.75) is 19.8 Å². The fourth-order valence-corrected chi connectivity index (χ4v) is 2.91. The standard InChI is InChI=1S/C16H15Cl2N3O/c1-8(2)14-12(15(18)21(3)20-14)7-11-10-5-4-9(17)6-13(10)19-16(11)22/h4-8H,1-3H3,(H,19,22)/b11-7+. The molecule has 22 heavy (non-hydrogen) atoms. The van der Waals surface area contributed by atoms with E-state index >= 15 is 0 Å². The molecule has 0 atom stereocenters. The first kappa shape index (κ1) is 15.1. The molecule has 0 unspecified atom stereocenters. The fraction of sp³-hybridized carbons (Fsp3) is 0.250. The Hall–Kier alpha value is -1.78. The first-order valence-corrected chi connectivity index (χ1v) is 7.69. The summed E-state index contributed by atoms with van der Waals surface area (Å²) < 4.78 is 1.62. The second-order valence-corrected chi connectivity index (χ2v) is 6.36. The van der Waals surface area contributed by atoms with Gasteiger partial charge in [-0.2, -0.15) is 5.10 Å². The number of aromatic nitrogens is 2. The lowest BCUT2D eigenvalue weighted by Crippen LogP contribution is -2.03. The van der Waals surface area contributed by atoms with Gasteiger partial charge in [-0.05, 0) is 24.1 Å². The van der Waals surface area contributed by atoms with E-state index in [9.17, 15) is 4.79 Å². The normalized spacial score (nSPS) is 15.5. The summed E-state index contributed by atoms with van der Waals surface area (Å²) in [5.41, 5.74) is 3.77. The van der Waals surface area contributed by atoms with Crippen LogP contribution in [0, 0.1) is 0 Å². The van der Waals surface area contributed by atoms with Gasteiger partial charge in [0.25, 0.3) is 5.91 Å². The van der Waals surface area contributed by atoms with Crippen molar-refractivity contribution >= 4 is 46.4 Å². The quantitative estimate of drug-likeness (QED) is 0.829. The first-order valence-electron chi connectivity index (χ1n) is 6.94. The molecule has 6 heteroatoms. The van der Waals surface area contributed by atoms with Crippen LogP contribution in [-0.4, -0.2) is 15.7 Å². The summed E-state index contributed by atoms with van der Waals surface area (Å²) in [6, 6.07) is 5.34. The molecular formula is C16H15Cl2N3O. The molecule has 114 valence electrons. The lowest BCUT2D eigenvalue weighted by Gasteiger charge is -2.03. The highest BCUT2D eigenvalue weighted by molar-refractivity contribution is 6.37. The number of hydrogen-bond acceptors (Lipinski definition) is 2. The summed E-state index contributed by atoms with van der Waals surface area (Å²) in [5.74, 6) is 0.0478. The maximum absolute atomic E-state index is 12.3. The molecule has 0 saturated heterocycles. The van der Waals surface area contributed by atoms with Crippen LogP contribution in [0.3, 0.4) is 0 Å². The smallest absolute Gasteiger partial charge is 0.256 e. The minimum absolute atomic E-state index is 0.160. The fourth-order valence-electron chi connectivity index (χ4n) is 2.55. The molecule has 0 radical (unpaired) electrons. The van der Waals surface area contributed by atoms with Crippen molar-refractivity contribution in [2.24, 2.45) is 7.05 Å². The van der Waals surface area contributed by atoms with E-state index in [4.69, 9.17) is 23.2 Å². The van der Waals surface area contributed by atoms with Crippen molar-refractivity contribution in [2.75, 3.05) is 5.32 Å². The summed E-state index contributed by atoms with van der Waals surface area (Å²) >= 11 is 12.3. The average Bonchev–Trinajstić information content (AvgIpc) is 2.90. The second-order valence-electron chi connectivity index (χ2n) is 5.57. The molecule has 1 amide bonds.